The molecule has 1 aromatic heterocycles. The molecule has 5 nitrogen and oxygen atoms in total. The average Bonchev–Trinajstić information content (AvgIpc) is 3.18. The van der Waals surface area contributed by atoms with Crippen LogP contribution >= 0.6 is 11.6 Å². The number of aryl methyl sites for hydroxylation is 1. The second kappa shape index (κ2) is 10.6. The number of fused-ring (bicyclic) bond motifs is 1. The highest BCUT2D eigenvalue weighted by Gasteiger charge is 2.19. The number of amides is 1. The lowest BCUT2D eigenvalue weighted by Crippen LogP contribution is -2.36. The number of benzene rings is 2. The third-order valence-corrected chi connectivity index (χ3v) is 6.58. The van der Waals surface area contributed by atoms with E-state index in [1.807, 2.05) is 55.6 Å². The van der Waals surface area contributed by atoms with Gasteiger partial charge in [-0.25, -0.2) is 0 Å². The highest BCUT2D eigenvalue weighted by atomic mass is 35.5. The second-order valence-electron chi connectivity index (χ2n) is 8.53. The van der Waals surface area contributed by atoms with Crippen molar-refractivity contribution >= 4 is 34.5 Å². The minimum absolute atomic E-state index is 0.136. The molecule has 0 aliphatic heterocycles. The molecule has 1 heterocycles. The van der Waals surface area contributed by atoms with Gasteiger partial charge in [-0.3, -0.25) is 4.79 Å². The van der Waals surface area contributed by atoms with E-state index in [0.717, 1.165) is 58.5 Å². The molecule has 6 heteroatoms. The van der Waals surface area contributed by atoms with Crippen molar-refractivity contribution in [1.82, 2.24) is 9.88 Å². The largest absolute Gasteiger partial charge is 0.492 e. The Morgan fingerprint density at radius 3 is 2.79 bits per heavy atom. The minimum Gasteiger partial charge on any atom is -0.492 e. The molecule has 1 fully saturated rings. The standard InChI is InChI=1S/C27H28ClN3O2/c1-19-15-23(11-12-25(19)28)33-14-13-31-18-21(24-9-5-6-10-26(24)31)16-20(17-29)27(32)30-22-7-3-2-4-8-22/h5-6,9-12,15-16,18,22H,2-4,7-8,13-14H2,1H3,(H,30,32)/b20-16+. The SMILES string of the molecule is Cc1cc(OCCn2cc(/C=C(\C#N)C(=O)NC3CCCCC3)c3ccccc32)ccc1Cl. The molecule has 4 rings (SSSR count). The van der Waals surface area contributed by atoms with Gasteiger partial charge >= 0.3 is 0 Å². The molecule has 0 saturated heterocycles. The van der Waals surface area contributed by atoms with Crippen LogP contribution in [0.4, 0.5) is 0 Å². The van der Waals surface area contributed by atoms with E-state index in [9.17, 15) is 10.1 Å². The summed E-state index contributed by atoms with van der Waals surface area (Å²) in [4.78, 5) is 12.7. The maximum Gasteiger partial charge on any atom is 0.262 e. The molecule has 0 spiro atoms. The maximum absolute atomic E-state index is 12.7. The molecule has 3 aromatic rings. The number of halogens is 1. The van der Waals surface area contributed by atoms with Crippen LogP contribution in [0.15, 0.2) is 54.2 Å². The van der Waals surface area contributed by atoms with Crippen LogP contribution in [-0.2, 0) is 11.3 Å². The smallest absolute Gasteiger partial charge is 0.262 e. The molecule has 0 unspecified atom stereocenters. The predicted octanol–water partition coefficient (Wildman–Crippen LogP) is 6.04. The van der Waals surface area contributed by atoms with E-state index >= 15 is 0 Å². The van der Waals surface area contributed by atoms with E-state index in [2.05, 4.69) is 16.0 Å². The summed E-state index contributed by atoms with van der Waals surface area (Å²) < 4.78 is 8.01. The molecule has 0 radical (unpaired) electrons. The first kappa shape index (κ1) is 22.9. The summed E-state index contributed by atoms with van der Waals surface area (Å²) in [6.07, 6.45) is 9.11. The maximum atomic E-state index is 12.7. The van der Waals surface area contributed by atoms with Crippen molar-refractivity contribution in [2.45, 2.75) is 51.6 Å². The first-order valence-corrected chi connectivity index (χ1v) is 11.8. The Balaban J connectivity index is 1.51. The number of para-hydroxylation sites is 1. The number of carbonyl (C=O) groups excluding carboxylic acids is 1. The van der Waals surface area contributed by atoms with Gasteiger partial charge in [0, 0.05) is 33.7 Å². The van der Waals surface area contributed by atoms with Gasteiger partial charge in [0.25, 0.3) is 5.91 Å². The van der Waals surface area contributed by atoms with Gasteiger partial charge in [-0.1, -0.05) is 49.1 Å². The van der Waals surface area contributed by atoms with Crippen LogP contribution in [0.3, 0.4) is 0 Å². The van der Waals surface area contributed by atoms with Gasteiger partial charge in [-0.15, -0.1) is 0 Å². The lowest BCUT2D eigenvalue weighted by atomic mass is 9.95. The van der Waals surface area contributed by atoms with Crippen molar-refractivity contribution in [3.63, 3.8) is 0 Å². The zero-order valence-corrected chi connectivity index (χ0v) is 19.6. The molecule has 1 N–H and O–H groups in total. The van der Waals surface area contributed by atoms with Gasteiger partial charge in [0.1, 0.15) is 24.0 Å². The van der Waals surface area contributed by atoms with Crippen molar-refractivity contribution in [3.05, 3.63) is 70.4 Å². The average molecular weight is 462 g/mol. The third-order valence-electron chi connectivity index (χ3n) is 6.16. The third kappa shape index (κ3) is 5.58. The molecule has 0 atom stereocenters. The van der Waals surface area contributed by atoms with Gasteiger partial charge < -0.3 is 14.6 Å². The summed E-state index contributed by atoms with van der Waals surface area (Å²) >= 11 is 6.09. The van der Waals surface area contributed by atoms with Crippen LogP contribution in [0.25, 0.3) is 17.0 Å². The number of hydrogen-bond acceptors (Lipinski definition) is 3. The summed E-state index contributed by atoms with van der Waals surface area (Å²) in [5.41, 5.74) is 2.99. The fourth-order valence-electron chi connectivity index (χ4n) is 4.36. The van der Waals surface area contributed by atoms with Crippen LogP contribution in [0, 0.1) is 18.3 Å². The highest BCUT2D eigenvalue weighted by Crippen LogP contribution is 2.25. The number of rotatable bonds is 7. The lowest BCUT2D eigenvalue weighted by Gasteiger charge is -2.22. The first-order chi connectivity index (χ1) is 16.0. The second-order valence-corrected chi connectivity index (χ2v) is 8.94. The van der Waals surface area contributed by atoms with Crippen LogP contribution < -0.4 is 10.1 Å². The zero-order valence-electron chi connectivity index (χ0n) is 18.8. The van der Waals surface area contributed by atoms with Crippen LogP contribution in [0.2, 0.25) is 5.02 Å². The van der Waals surface area contributed by atoms with Crippen LogP contribution in [0.1, 0.15) is 43.2 Å². The quantitative estimate of drug-likeness (QED) is 0.344. The van der Waals surface area contributed by atoms with Gasteiger partial charge in [-0.2, -0.15) is 5.26 Å². The summed E-state index contributed by atoms with van der Waals surface area (Å²) in [5, 5.41) is 14.4. The number of nitriles is 1. The fourth-order valence-corrected chi connectivity index (χ4v) is 4.48. The van der Waals surface area contributed by atoms with Crippen molar-refractivity contribution in [3.8, 4) is 11.8 Å². The Labute approximate surface area is 199 Å². The Bertz CT molecular complexity index is 1220. The van der Waals surface area contributed by atoms with Crippen molar-refractivity contribution in [2.75, 3.05) is 6.61 Å². The number of nitrogens with one attached hydrogen (secondary N) is 1. The van der Waals surface area contributed by atoms with E-state index in [1.54, 1.807) is 6.08 Å². The highest BCUT2D eigenvalue weighted by molar-refractivity contribution is 6.31. The number of nitrogens with zero attached hydrogens (tertiary/aromatic N) is 2. The van der Waals surface area contributed by atoms with Crippen molar-refractivity contribution in [2.24, 2.45) is 0 Å². The van der Waals surface area contributed by atoms with Gasteiger partial charge in [0.15, 0.2) is 0 Å². The molecule has 33 heavy (non-hydrogen) atoms. The van der Waals surface area contributed by atoms with Gasteiger partial charge in [-0.05, 0) is 55.7 Å². The van der Waals surface area contributed by atoms with E-state index in [-0.39, 0.29) is 17.5 Å². The molecule has 1 aliphatic carbocycles. The van der Waals surface area contributed by atoms with Gasteiger partial charge in [0.05, 0.1) is 6.54 Å². The zero-order chi connectivity index (χ0) is 23.2. The first-order valence-electron chi connectivity index (χ1n) is 11.4. The van der Waals surface area contributed by atoms with Crippen LogP contribution in [0.5, 0.6) is 5.75 Å². The van der Waals surface area contributed by atoms with Crippen LogP contribution in [-0.4, -0.2) is 23.1 Å². The number of aromatic nitrogens is 1. The van der Waals surface area contributed by atoms with E-state index in [4.69, 9.17) is 16.3 Å². The Kier molecular flexibility index (Phi) is 7.36. The molecular weight excluding hydrogens is 434 g/mol. The number of carbonyl (C=O) groups is 1. The molecule has 2 aromatic carbocycles. The Morgan fingerprint density at radius 2 is 2.03 bits per heavy atom. The van der Waals surface area contributed by atoms with E-state index in [0.29, 0.717) is 13.2 Å². The summed E-state index contributed by atoms with van der Waals surface area (Å²) in [7, 11) is 0. The predicted molar refractivity (Wildman–Crippen MR) is 132 cm³/mol. The van der Waals surface area contributed by atoms with E-state index in [1.165, 1.54) is 6.42 Å². The van der Waals surface area contributed by atoms with Crippen molar-refractivity contribution < 1.29 is 9.53 Å². The summed E-state index contributed by atoms with van der Waals surface area (Å²) in [6, 6.07) is 15.9. The molecule has 1 aliphatic rings. The van der Waals surface area contributed by atoms with E-state index < -0.39 is 0 Å². The normalized spacial score (nSPS) is 14.8. The summed E-state index contributed by atoms with van der Waals surface area (Å²) in [5.74, 6) is 0.488. The molecule has 0 bridgehead atoms. The Hall–Kier alpha value is -3.23. The number of hydrogen-bond donors (Lipinski definition) is 1. The molecular formula is C27H28ClN3O2. The minimum atomic E-state index is -0.289. The molecule has 1 amide bonds. The number of ether oxygens (including phenoxy) is 1. The van der Waals surface area contributed by atoms with Gasteiger partial charge in [0.2, 0.25) is 0 Å². The topological polar surface area (TPSA) is 67.0 Å². The Morgan fingerprint density at radius 1 is 1.24 bits per heavy atom. The summed E-state index contributed by atoms with van der Waals surface area (Å²) in [6.45, 7) is 3.06. The fraction of sp³-hybridized carbons (Fsp3) is 0.333. The monoisotopic (exact) mass is 461 g/mol. The molecule has 170 valence electrons. The van der Waals surface area contributed by atoms with Crippen molar-refractivity contribution in [1.29, 1.82) is 5.26 Å². The lowest BCUT2D eigenvalue weighted by molar-refractivity contribution is -0.117. The molecule has 1 saturated carbocycles.